The predicted octanol–water partition coefficient (Wildman–Crippen LogP) is 3.89. The average molecular weight is 417 g/mol. The second-order valence-corrected chi connectivity index (χ2v) is 8.52. The number of hydrogen-bond acceptors (Lipinski definition) is 4. The summed E-state index contributed by atoms with van der Waals surface area (Å²) in [5, 5.41) is 4.52. The van der Waals surface area contributed by atoms with Crippen molar-refractivity contribution in [1.82, 2.24) is 9.47 Å². The zero-order chi connectivity index (χ0) is 21.4. The van der Waals surface area contributed by atoms with Crippen molar-refractivity contribution in [3.8, 4) is 11.1 Å². The molecule has 3 aromatic rings. The van der Waals surface area contributed by atoms with Gasteiger partial charge in [-0.3, -0.25) is 14.2 Å². The van der Waals surface area contributed by atoms with E-state index in [4.69, 9.17) is 5.73 Å². The van der Waals surface area contributed by atoms with E-state index in [1.807, 2.05) is 34.9 Å². The molecule has 6 nitrogen and oxygen atoms in total. The maximum absolute atomic E-state index is 12.7. The summed E-state index contributed by atoms with van der Waals surface area (Å²) in [5.74, 6) is -0.282. The average Bonchev–Trinajstić information content (AvgIpc) is 3.40. The lowest BCUT2D eigenvalue weighted by molar-refractivity contribution is 0.0889. The van der Waals surface area contributed by atoms with Crippen molar-refractivity contribution in [2.24, 2.45) is 5.73 Å². The molecule has 0 radical (unpaired) electrons. The van der Waals surface area contributed by atoms with E-state index in [1.54, 1.807) is 6.07 Å². The zero-order valence-corrected chi connectivity index (χ0v) is 17.7. The lowest BCUT2D eigenvalue weighted by atomic mass is 9.96. The quantitative estimate of drug-likeness (QED) is 0.639. The van der Waals surface area contributed by atoms with Crippen molar-refractivity contribution < 1.29 is 9.59 Å². The van der Waals surface area contributed by atoms with Crippen molar-refractivity contribution in [2.75, 3.05) is 31.5 Å². The number of hydrogen-bond donors (Lipinski definition) is 2. The molecule has 0 bridgehead atoms. The molecule has 0 spiro atoms. The van der Waals surface area contributed by atoms with Gasteiger partial charge in [0.2, 0.25) is 5.91 Å². The molecule has 2 aliphatic heterocycles. The maximum atomic E-state index is 12.7. The number of amides is 1. The normalized spacial score (nSPS) is 16.6. The van der Waals surface area contributed by atoms with Gasteiger partial charge in [-0.05, 0) is 62.5 Å². The number of fused-ring (bicyclic) bond motifs is 3. The highest BCUT2D eigenvalue weighted by Crippen LogP contribution is 2.39. The first-order valence-electron chi connectivity index (χ1n) is 11.2. The molecule has 31 heavy (non-hydrogen) atoms. The van der Waals surface area contributed by atoms with Crippen LogP contribution in [-0.2, 0) is 6.42 Å². The molecule has 3 heterocycles. The maximum Gasteiger partial charge on any atom is 0.250 e. The van der Waals surface area contributed by atoms with Gasteiger partial charge in [0.25, 0.3) is 5.91 Å². The molecule has 2 aliphatic rings. The van der Waals surface area contributed by atoms with E-state index in [-0.39, 0.29) is 5.91 Å². The van der Waals surface area contributed by atoms with Gasteiger partial charge < -0.3 is 16.0 Å². The number of carbonyl (C=O) groups excluding carboxylic acids is 2. The lowest BCUT2D eigenvalue weighted by Gasteiger charge is -2.18. The van der Waals surface area contributed by atoms with Gasteiger partial charge in [-0.15, -0.1) is 0 Å². The third-order valence-electron chi connectivity index (χ3n) is 6.54. The zero-order valence-electron chi connectivity index (χ0n) is 17.7. The van der Waals surface area contributed by atoms with E-state index < -0.39 is 5.91 Å². The number of para-hydroxylation sites is 1. The van der Waals surface area contributed by atoms with Crippen molar-refractivity contribution >= 4 is 28.4 Å². The molecule has 160 valence electrons. The van der Waals surface area contributed by atoms with Crippen LogP contribution in [0.25, 0.3) is 22.0 Å². The van der Waals surface area contributed by atoms with Crippen LogP contribution in [0.4, 0.5) is 5.69 Å². The minimum Gasteiger partial charge on any atom is -0.383 e. The predicted molar refractivity (Wildman–Crippen MR) is 124 cm³/mol. The summed E-state index contributed by atoms with van der Waals surface area (Å²) >= 11 is 0. The van der Waals surface area contributed by atoms with Gasteiger partial charge in [0.1, 0.15) is 0 Å². The van der Waals surface area contributed by atoms with Crippen LogP contribution in [0.3, 0.4) is 0 Å². The number of likely N-dealkylation sites (tertiary alicyclic amines) is 1. The number of benzene rings is 2. The van der Waals surface area contributed by atoms with Gasteiger partial charge in [0.05, 0.1) is 11.1 Å². The smallest absolute Gasteiger partial charge is 0.250 e. The van der Waals surface area contributed by atoms with Crippen LogP contribution in [0.2, 0.25) is 0 Å². The second kappa shape index (κ2) is 8.19. The number of aromatic nitrogens is 1. The molecular formula is C25H28N4O2. The van der Waals surface area contributed by atoms with E-state index >= 15 is 0 Å². The van der Waals surface area contributed by atoms with Crippen LogP contribution in [0.1, 0.15) is 46.5 Å². The third kappa shape index (κ3) is 3.61. The summed E-state index contributed by atoms with van der Waals surface area (Å²) in [4.78, 5) is 27.2. The molecule has 0 atom stereocenters. The molecule has 1 saturated heterocycles. The monoisotopic (exact) mass is 416 g/mol. The summed E-state index contributed by atoms with van der Waals surface area (Å²) in [6.45, 7) is 3.99. The van der Waals surface area contributed by atoms with Gasteiger partial charge in [-0.1, -0.05) is 24.3 Å². The van der Waals surface area contributed by atoms with Crippen molar-refractivity contribution in [3.63, 3.8) is 0 Å². The van der Waals surface area contributed by atoms with Crippen LogP contribution in [0.5, 0.6) is 0 Å². The van der Waals surface area contributed by atoms with Crippen LogP contribution in [-0.4, -0.2) is 47.5 Å². The van der Waals surface area contributed by atoms with Crippen molar-refractivity contribution in [1.29, 1.82) is 0 Å². The Kier molecular flexibility index (Phi) is 5.24. The van der Waals surface area contributed by atoms with E-state index in [0.717, 1.165) is 72.4 Å². The molecule has 2 aromatic carbocycles. The van der Waals surface area contributed by atoms with Gasteiger partial charge in [-0.25, -0.2) is 0 Å². The summed E-state index contributed by atoms with van der Waals surface area (Å²) < 4.78 is 1.89. The molecule has 0 unspecified atom stereocenters. The molecule has 0 aliphatic carbocycles. The first-order valence-corrected chi connectivity index (χ1v) is 11.2. The van der Waals surface area contributed by atoms with Crippen LogP contribution in [0, 0.1) is 0 Å². The van der Waals surface area contributed by atoms with Crippen LogP contribution < -0.4 is 11.1 Å². The first kappa shape index (κ1) is 19.8. The summed E-state index contributed by atoms with van der Waals surface area (Å²) in [6, 6.07) is 13.8. The van der Waals surface area contributed by atoms with Crippen molar-refractivity contribution in [2.45, 2.75) is 32.1 Å². The molecule has 1 fully saturated rings. The molecule has 6 heteroatoms. The molecule has 1 aromatic heterocycles. The Balaban J connectivity index is 1.55. The summed E-state index contributed by atoms with van der Waals surface area (Å²) in [6.07, 6.45) is 4.82. The Morgan fingerprint density at radius 2 is 1.84 bits per heavy atom. The number of carbonyl (C=O) groups is 2. The minimum atomic E-state index is -0.436. The number of nitrogens with zero attached hydrogens (tertiary/aromatic N) is 2. The highest BCUT2D eigenvalue weighted by Gasteiger charge is 2.25. The van der Waals surface area contributed by atoms with E-state index in [9.17, 15) is 9.59 Å². The summed E-state index contributed by atoms with van der Waals surface area (Å²) in [7, 11) is 0. The Hall–Kier alpha value is -3.12. The van der Waals surface area contributed by atoms with Gasteiger partial charge >= 0.3 is 0 Å². The second-order valence-electron chi connectivity index (χ2n) is 8.52. The Morgan fingerprint density at radius 3 is 2.65 bits per heavy atom. The molecule has 5 rings (SSSR count). The first-order chi connectivity index (χ1) is 15.1. The number of nitrogens with one attached hydrogen (secondary N) is 1. The van der Waals surface area contributed by atoms with Gasteiger partial charge in [0, 0.05) is 41.8 Å². The van der Waals surface area contributed by atoms with E-state index in [1.165, 1.54) is 12.8 Å². The largest absolute Gasteiger partial charge is 0.383 e. The Morgan fingerprint density at radius 1 is 1.03 bits per heavy atom. The lowest BCUT2D eigenvalue weighted by Crippen LogP contribution is -2.26. The highest BCUT2D eigenvalue weighted by atomic mass is 16.2. The Bertz CT molecular complexity index is 1160. The number of anilines is 1. The van der Waals surface area contributed by atoms with E-state index in [2.05, 4.69) is 16.3 Å². The van der Waals surface area contributed by atoms with Gasteiger partial charge in [-0.2, -0.15) is 0 Å². The standard InChI is InChI=1S/C25H28N4O2/c26-25(31)18-11-10-17(16-20(18)27-12-15-28-13-3-4-14-28)24-19-6-1-2-7-21(19)29-22(24)8-5-9-23(29)30/h1-2,6-7,10-11,16,27H,3-5,8-9,12-15H2,(H2,26,31). The molecular weight excluding hydrogens is 388 g/mol. The fourth-order valence-corrected chi connectivity index (χ4v) is 5.07. The molecule has 1 amide bonds. The third-order valence-corrected chi connectivity index (χ3v) is 6.54. The summed E-state index contributed by atoms with van der Waals surface area (Å²) in [5.41, 5.74) is 11.0. The van der Waals surface area contributed by atoms with Crippen LogP contribution >= 0.6 is 0 Å². The number of primary amides is 1. The fraction of sp³-hybridized carbons (Fsp3) is 0.360. The SMILES string of the molecule is NC(=O)c1ccc(-c2c3n(c4ccccc24)C(=O)CCC3)cc1NCCN1CCCC1. The minimum absolute atomic E-state index is 0.154. The van der Waals surface area contributed by atoms with Crippen LogP contribution in [0.15, 0.2) is 42.5 Å². The topological polar surface area (TPSA) is 80.4 Å². The van der Waals surface area contributed by atoms with Gasteiger partial charge in [0.15, 0.2) is 0 Å². The number of rotatable bonds is 6. The van der Waals surface area contributed by atoms with E-state index in [0.29, 0.717) is 12.0 Å². The molecule has 3 N–H and O–H groups in total. The Labute approximate surface area is 182 Å². The number of nitrogens with two attached hydrogens (primary N) is 1. The van der Waals surface area contributed by atoms with Crippen molar-refractivity contribution in [3.05, 3.63) is 53.7 Å². The molecule has 0 saturated carbocycles. The fourth-order valence-electron chi connectivity index (χ4n) is 5.07. The highest BCUT2D eigenvalue weighted by molar-refractivity contribution is 6.06.